The number of hydrogen-bond donors (Lipinski definition) is 1. The SMILES string of the molecule is CCCCCCN=C1CC(C)(C)CC2=C1Sc1ncnc(OC)c1N2. The Bertz CT molecular complexity index is 697. The monoisotopic (exact) mass is 360 g/mol. The summed E-state index contributed by atoms with van der Waals surface area (Å²) in [5.74, 6) is 0.602. The van der Waals surface area contributed by atoms with Crippen molar-refractivity contribution >= 4 is 23.2 Å². The van der Waals surface area contributed by atoms with Gasteiger partial charge in [-0.3, -0.25) is 4.99 Å². The Hall–Kier alpha value is -1.56. The Labute approximate surface area is 154 Å². The molecule has 2 aliphatic rings. The number of anilines is 1. The lowest BCUT2D eigenvalue weighted by atomic mass is 9.78. The van der Waals surface area contributed by atoms with Crippen LogP contribution in [0.4, 0.5) is 5.69 Å². The number of allylic oxidation sites excluding steroid dienone is 2. The number of aliphatic imine (C=N–C) groups is 1. The van der Waals surface area contributed by atoms with Gasteiger partial charge in [-0.15, -0.1) is 0 Å². The highest BCUT2D eigenvalue weighted by molar-refractivity contribution is 8.04. The molecule has 0 unspecified atom stereocenters. The van der Waals surface area contributed by atoms with E-state index in [1.54, 1.807) is 25.2 Å². The lowest BCUT2D eigenvalue weighted by Crippen LogP contribution is -2.29. The summed E-state index contributed by atoms with van der Waals surface area (Å²) < 4.78 is 5.39. The van der Waals surface area contributed by atoms with Crippen molar-refractivity contribution in [3.63, 3.8) is 0 Å². The fourth-order valence-electron chi connectivity index (χ4n) is 3.37. The summed E-state index contributed by atoms with van der Waals surface area (Å²) in [5, 5.41) is 4.46. The molecule has 1 aliphatic heterocycles. The minimum absolute atomic E-state index is 0.203. The van der Waals surface area contributed by atoms with Crippen LogP contribution < -0.4 is 10.1 Å². The van der Waals surface area contributed by atoms with Crippen LogP contribution in [0, 0.1) is 5.41 Å². The van der Waals surface area contributed by atoms with E-state index in [9.17, 15) is 0 Å². The van der Waals surface area contributed by atoms with E-state index >= 15 is 0 Å². The van der Waals surface area contributed by atoms with Gasteiger partial charge < -0.3 is 10.1 Å². The Kier molecular flexibility index (Phi) is 5.67. The number of aromatic nitrogens is 2. The molecule has 1 aromatic heterocycles. The standard InChI is InChI=1S/C19H28N4OS/c1-5-6-7-8-9-20-13-10-19(2,3)11-14-16(13)25-18-15(23-14)17(24-4)21-12-22-18/h12,23H,5-11H2,1-4H3. The maximum absolute atomic E-state index is 5.39. The first kappa shape index (κ1) is 18.2. The van der Waals surface area contributed by atoms with Gasteiger partial charge in [0.2, 0.25) is 5.88 Å². The lowest BCUT2D eigenvalue weighted by Gasteiger charge is -2.36. The van der Waals surface area contributed by atoms with Crippen molar-refractivity contribution in [1.82, 2.24) is 9.97 Å². The molecule has 1 N–H and O–H groups in total. The maximum atomic E-state index is 5.39. The Morgan fingerprint density at radius 2 is 2.08 bits per heavy atom. The third kappa shape index (κ3) is 4.17. The molecule has 0 saturated heterocycles. The van der Waals surface area contributed by atoms with E-state index in [2.05, 4.69) is 36.1 Å². The highest BCUT2D eigenvalue weighted by Gasteiger charge is 2.36. The molecular formula is C19H28N4OS. The molecule has 0 saturated carbocycles. The molecule has 0 amide bonds. The fourth-order valence-corrected chi connectivity index (χ4v) is 4.41. The van der Waals surface area contributed by atoms with Crippen LogP contribution in [0.15, 0.2) is 26.9 Å². The van der Waals surface area contributed by atoms with Crippen molar-refractivity contribution in [3.8, 4) is 5.88 Å². The predicted molar refractivity (Wildman–Crippen MR) is 105 cm³/mol. The Morgan fingerprint density at radius 3 is 2.84 bits per heavy atom. The van der Waals surface area contributed by atoms with Crippen LogP contribution in [0.3, 0.4) is 0 Å². The number of hydrogen-bond acceptors (Lipinski definition) is 6. The van der Waals surface area contributed by atoms with E-state index in [0.717, 1.165) is 30.1 Å². The van der Waals surface area contributed by atoms with Crippen molar-refractivity contribution in [3.05, 3.63) is 16.9 Å². The molecule has 0 aromatic carbocycles. The zero-order chi connectivity index (χ0) is 17.9. The average molecular weight is 361 g/mol. The number of fused-ring (bicyclic) bond motifs is 1. The molecule has 3 rings (SSSR count). The number of nitrogens with one attached hydrogen (secondary N) is 1. The van der Waals surface area contributed by atoms with E-state index in [4.69, 9.17) is 9.73 Å². The van der Waals surface area contributed by atoms with E-state index in [1.165, 1.54) is 42.0 Å². The van der Waals surface area contributed by atoms with E-state index in [0.29, 0.717) is 5.88 Å². The molecule has 25 heavy (non-hydrogen) atoms. The maximum Gasteiger partial charge on any atom is 0.241 e. The topological polar surface area (TPSA) is 59.4 Å². The second kappa shape index (κ2) is 7.77. The van der Waals surface area contributed by atoms with Gasteiger partial charge in [0.15, 0.2) is 0 Å². The summed E-state index contributed by atoms with van der Waals surface area (Å²) in [5.41, 5.74) is 3.54. The quantitative estimate of drug-likeness (QED) is 0.568. The summed E-state index contributed by atoms with van der Waals surface area (Å²) in [6, 6.07) is 0. The summed E-state index contributed by atoms with van der Waals surface area (Å²) >= 11 is 1.70. The average Bonchev–Trinajstić information content (AvgIpc) is 2.58. The Balaban J connectivity index is 1.85. The van der Waals surface area contributed by atoms with Crippen LogP contribution in [-0.2, 0) is 0 Å². The van der Waals surface area contributed by atoms with Crippen molar-refractivity contribution in [2.45, 2.75) is 64.3 Å². The number of rotatable bonds is 6. The van der Waals surface area contributed by atoms with Gasteiger partial charge >= 0.3 is 0 Å². The van der Waals surface area contributed by atoms with E-state index in [1.807, 2.05) is 0 Å². The highest BCUT2D eigenvalue weighted by atomic mass is 32.2. The van der Waals surface area contributed by atoms with Crippen LogP contribution in [0.2, 0.25) is 0 Å². The molecule has 6 heteroatoms. The van der Waals surface area contributed by atoms with Crippen LogP contribution >= 0.6 is 11.8 Å². The first-order valence-corrected chi connectivity index (χ1v) is 9.96. The zero-order valence-corrected chi connectivity index (χ0v) is 16.5. The first-order valence-electron chi connectivity index (χ1n) is 9.15. The fraction of sp³-hybridized carbons (Fsp3) is 0.632. The van der Waals surface area contributed by atoms with Gasteiger partial charge in [-0.25, -0.2) is 4.98 Å². The van der Waals surface area contributed by atoms with Crippen LogP contribution in [-0.4, -0.2) is 29.3 Å². The minimum atomic E-state index is 0.203. The summed E-state index contributed by atoms with van der Waals surface area (Å²) in [7, 11) is 1.65. The smallest absolute Gasteiger partial charge is 0.241 e. The number of methoxy groups -OCH3 is 1. The lowest BCUT2D eigenvalue weighted by molar-refractivity contribution is 0.371. The van der Waals surface area contributed by atoms with Crippen LogP contribution in [0.25, 0.3) is 0 Å². The van der Waals surface area contributed by atoms with Crippen LogP contribution in [0.1, 0.15) is 59.3 Å². The minimum Gasteiger partial charge on any atom is -0.479 e. The Morgan fingerprint density at radius 1 is 1.24 bits per heavy atom. The van der Waals surface area contributed by atoms with Gasteiger partial charge in [0.05, 0.1) is 17.7 Å². The van der Waals surface area contributed by atoms with Gasteiger partial charge in [-0.05, 0) is 24.7 Å². The molecule has 1 aromatic rings. The molecule has 5 nitrogen and oxygen atoms in total. The largest absolute Gasteiger partial charge is 0.479 e. The van der Waals surface area contributed by atoms with Gasteiger partial charge in [-0.1, -0.05) is 51.8 Å². The molecule has 2 heterocycles. The molecule has 1 aliphatic carbocycles. The molecule has 0 bridgehead atoms. The number of nitrogens with zero attached hydrogens (tertiary/aromatic N) is 3. The molecule has 0 spiro atoms. The molecule has 136 valence electrons. The first-order chi connectivity index (χ1) is 12.0. The molecule has 0 atom stereocenters. The van der Waals surface area contributed by atoms with Crippen molar-refractivity contribution in [2.75, 3.05) is 19.0 Å². The summed E-state index contributed by atoms with van der Waals surface area (Å²) in [4.78, 5) is 14.9. The molecule has 0 radical (unpaired) electrons. The second-order valence-corrected chi connectivity index (χ2v) is 8.50. The normalized spacial score (nSPS) is 20.1. The van der Waals surface area contributed by atoms with Crippen molar-refractivity contribution in [2.24, 2.45) is 10.4 Å². The second-order valence-electron chi connectivity index (χ2n) is 7.50. The van der Waals surface area contributed by atoms with E-state index < -0.39 is 0 Å². The van der Waals surface area contributed by atoms with Gasteiger partial charge in [-0.2, -0.15) is 4.98 Å². The van der Waals surface area contributed by atoms with Gasteiger partial charge in [0, 0.05) is 12.2 Å². The number of ether oxygens (including phenoxy) is 1. The summed E-state index contributed by atoms with van der Waals surface area (Å²) in [6.45, 7) is 7.78. The van der Waals surface area contributed by atoms with Crippen LogP contribution in [0.5, 0.6) is 5.88 Å². The highest BCUT2D eigenvalue weighted by Crippen LogP contribution is 2.49. The third-order valence-corrected chi connectivity index (χ3v) is 5.79. The number of thioether (sulfide) groups is 1. The third-order valence-electron chi connectivity index (χ3n) is 4.60. The van der Waals surface area contributed by atoms with E-state index in [-0.39, 0.29) is 5.41 Å². The predicted octanol–water partition coefficient (Wildman–Crippen LogP) is 5.06. The zero-order valence-electron chi connectivity index (χ0n) is 15.7. The van der Waals surface area contributed by atoms with Gasteiger partial charge in [0.1, 0.15) is 17.0 Å². The van der Waals surface area contributed by atoms with Gasteiger partial charge in [0.25, 0.3) is 0 Å². The number of unbranched alkanes of at least 4 members (excludes halogenated alkanes) is 3. The molecular weight excluding hydrogens is 332 g/mol. The van der Waals surface area contributed by atoms with Crippen molar-refractivity contribution in [1.29, 1.82) is 0 Å². The van der Waals surface area contributed by atoms with Crippen molar-refractivity contribution < 1.29 is 4.74 Å². The molecule has 0 fully saturated rings. The summed E-state index contributed by atoms with van der Waals surface area (Å²) in [6.07, 6.45) is 8.58.